The molecule has 1 aromatic heterocycles. The van der Waals surface area contributed by atoms with Gasteiger partial charge in [0.05, 0.1) is 11.3 Å². The van der Waals surface area contributed by atoms with Gasteiger partial charge in [0, 0.05) is 18.5 Å². The van der Waals surface area contributed by atoms with Crippen LogP contribution in [0.1, 0.15) is 10.4 Å². The number of para-hydroxylation sites is 1. The highest BCUT2D eigenvalue weighted by Crippen LogP contribution is 2.28. The minimum Gasteiger partial charge on any atom is -0.351 e. The number of nitrogens with two attached hydrogens (primary N) is 1. The molecule has 21 heavy (non-hydrogen) atoms. The molecule has 0 saturated carbocycles. The van der Waals surface area contributed by atoms with E-state index in [9.17, 15) is 4.79 Å². The zero-order valence-corrected chi connectivity index (χ0v) is 12.9. The molecule has 1 amide bonds. The van der Waals surface area contributed by atoms with Crippen molar-refractivity contribution in [3.05, 3.63) is 54.2 Å². The first-order valence-electron chi connectivity index (χ1n) is 6.35. The van der Waals surface area contributed by atoms with E-state index in [2.05, 4.69) is 15.7 Å². The lowest BCUT2D eigenvalue weighted by molar-refractivity contribution is 0.0957. The van der Waals surface area contributed by atoms with E-state index >= 15 is 0 Å². The van der Waals surface area contributed by atoms with Crippen molar-refractivity contribution in [3.8, 4) is 0 Å². The molecular weight excluding hydrogens is 304 g/mol. The SMILES string of the molecule is NNc1ccccc1C(=O)NCCSSc1ccccn1. The van der Waals surface area contributed by atoms with Gasteiger partial charge in [0.25, 0.3) is 5.91 Å². The van der Waals surface area contributed by atoms with Crippen LogP contribution >= 0.6 is 21.6 Å². The van der Waals surface area contributed by atoms with Gasteiger partial charge in [0.15, 0.2) is 0 Å². The zero-order valence-electron chi connectivity index (χ0n) is 11.3. The number of benzene rings is 1. The number of carbonyl (C=O) groups excluding carboxylic acids is 1. The molecule has 0 radical (unpaired) electrons. The number of carbonyl (C=O) groups is 1. The summed E-state index contributed by atoms with van der Waals surface area (Å²) in [7, 11) is 3.25. The number of nitrogens with zero attached hydrogens (tertiary/aromatic N) is 1. The monoisotopic (exact) mass is 320 g/mol. The fourth-order valence-corrected chi connectivity index (χ4v) is 3.39. The summed E-state index contributed by atoms with van der Waals surface area (Å²) in [6.45, 7) is 0.586. The third-order valence-corrected chi connectivity index (χ3v) is 4.85. The van der Waals surface area contributed by atoms with Gasteiger partial charge >= 0.3 is 0 Å². The summed E-state index contributed by atoms with van der Waals surface area (Å²) in [6.07, 6.45) is 1.77. The van der Waals surface area contributed by atoms with Crippen molar-refractivity contribution in [1.29, 1.82) is 0 Å². The van der Waals surface area contributed by atoms with Gasteiger partial charge in [-0.3, -0.25) is 10.6 Å². The lowest BCUT2D eigenvalue weighted by Crippen LogP contribution is -2.27. The van der Waals surface area contributed by atoms with Crippen molar-refractivity contribution < 1.29 is 4.79 Å². The van der Waals surface area contributed by atoms with E-state index in [1.807, 2.05) is 24.3 Å². The van der Waals surface area contributed by atoms with Crippen molar-refractivity contribution in [2.24, 2.45) is 5.84 Å². The Morgan fingerprint density at radius 3 is 2.76 bits per heavy atom. The van der Waals surface area contributed by atoms with Gasteiger partial charge in [-0.05, 0) is 35.1 Å². The van der Waals surface area contributed by atoms with E-state index in [0.717, 1.165) is 10.8 Å². The van der Waals surface area contributed by atoms with Crippen molar-refractivity contribution in [2.75, 3.05) is 17.7 Å². The molecule has 0 aliphatic carbocycles. The van der Waals surface area contributed by atoms with Crippen LogP contribution in [0.5, 0.6) is 0 Å². The molecule has 0 aliphatic rings. The minimum absolute atomic E-state index is 0.132. The number of aromatic nitrogens is 1. The molecule has 0 fully saturated rings. The maximum atomic E-state index is 12.0. The molecule has 110 valence electrons. The second kappa shape index (κ2) is 8.56. The predicted molar refractivity (Wildman–Crippen MR) is 89.1 cm³/mol. The van der Waals surface area contributed by atoms with E-state index in [1.54, 1.807) is 46.0 Å². The quantitative estimate of drug-likeness (QED) is 0.315. The van der Waals surface area contributed by atoms with Crippen LogP contribution in [0.2, 0.25) is 0 Å². The van der Waals surface area contributed by atoms with Gasteiger partial charge in [-0.2, -0.15) is 0 Å². The second-order valence-electron chi connectivity index (χ2n) is 4.02. The van der Waals surface area contributed by atoms with Crippen molar-refractivity contribution in [1.82, 2.24) is 10.3 Å². The second-order valence-corrected chi connectivity index (χ2v) is 6.46. The number of nitrogens with one attached hydrogen (secondary N) is 2. The average molecular weight is 320 g/mol. The molecule has 0 aliphatic heterocycles. The van der Waals surface area contributed by atoms with Gasteiger partial charge in [-0.25, -0.2) is 4.98 Å². The van der Waals surface area contributed by atoms with Crippen LogP contribution in [0.4, 0.5) is 5.69 Å². The van der Waals surface area contributed by atoms with E-state index in [4.69, 9.17) is 5.84 Å². The molecule has 1 aromatic carbocycles. The van der Waals surface area contributed by atoms with Gasteiger partial charge in [-0.15, -0.1) is 0 Å². The number of rotatable bonds is 7. The summed E-state index contributed by atoms with van der Waals surface area (Å²) in [5, 5.41) is 3.84. The lowest BCUT2D eigenvalue weighted by Gasteiger charge is -2.09. The molecule has 2 aromatic rings. The number of hydrogen-bond acceptors (Lipinski definition) is 6. The molecule has 7 heteroatoms. The topological polar surface area (TPSA) is 80.0 Å². The summed E-state index contributed by atoms with van der Waals surface area (Å²) < 4.78 is 0. The zero-order chi connectivity index (χ0) is 14.9. The molecule has 5 nitrogen and oxygen atoms in total. The first-order chi connectivity index (χ1) is 10.3. The lowest BCUT2D eigenvalue weighted by atomic mass is 10.1. The molecular formula is C14H16N4OS2. The Balaban J connectivity index is 1.72. The van der Waals surface area contributed by atoms with E-state index < -0.39 is 0 Å². The van der Waals surface area contributed by atoms with E-state index in [-0.39, 0.29) is 5.91 Å². The fourth-order valence-electron chi connectivity index (χ4n) is 1.61. The summed E-state index contributed by atoms with van der Waals surface area (Å²) in [6, 6.07) is 12.9. The Labute approximate surface area is 131 Å². The van der Waals surface area contributed by atoms with Gasteiger partial charge < -0.3 is 10.7 Å². The average Bonchev–Trinajstić information content (AvgIpc) is 2.55. The third kappa shape index (κ3) is 4.96. The first kappa shape index (κ1) is 15.7. The molecule has 0 spiro atoms. The molecule has 0 saturated heterocycles. The molecule has 0 unspecified atom stereocenters. The van der Waals surface area contributed by atoms with Crippen molar-refractivity contribution in [3.63, 3.8) is 0 Å². The van der Waals surface area contributed by atoms with Crippen molar-refractivity contribution >= 4 is 33.2 Å². The fraction of sp³-hybridized carbons (Fsp3) is 0.143. The number of pyridine rings is 1. The molecule has 1 heterocycles. The Kier molecular flexibility index (Phi) is 6.39. The van der Waals surface area contributed by atoms with Crippen LogP contribution in [0, 0.1) is 0 Å². The molecule has 4 N–H and O–H groups in total. The Morgan fingerprint density at radius 1 is 1.19 bits per heavy atom. The summed E-state index contributed by atoms with van der Waals surface area (Å²) in [5.74, 6) is 6.05. The summed E-state index contributed by atoms with van der Waals surface area (Å²) >= 11 is 0. The van der Waals surface area contributed by atoms with Crippen LogP contribution in [0.25, 0.3) is 0 Å². The molecule has 2 rings (SSSR count). The van der Waals surface area contributed by atoms with Crippen LogP contribution in [-0.2, 0) is 0 Å². The van der Waals surface area contributed by atoms with Crippen LogP contribution in [0.15, 0.2) is 53.7 Å². The highest BCUT2D eigenvalue weighted by atomic mass is 33.1. The normalized spacial score (nSPS) is 10.1. The minimum atomic E-state index is -0.132. The Bertz CT molecular complexity index is 580. The summed E-state index contributed by atoms with van der Waals surface area (Å²) in [5.41, 5.74) is 3.68. The smallest absolute Gasteiger partial charge is 0.253 e. The van der Waals surface area contributed by atoms with Gasteiger partial charge in [0.1, 0.15) is 5.03 Å². The van der Waals surface area contributed by atoms with E-state index in [1.165, 1.54) is 0 Å². The number of hydrogen-bond donors (Lipinski definition) is 3. The number of amides is 1. The predicted octanol–water partition coefficient (Wildman–Crippen LogP) is 2.54. The Hall–Kier alpha value is -1.70. The first-order valence-corrected chi connectivity index (χ1v) is 8.67. The van der Waals surface area contributed by atoms with Gasteiger partial charge in [0.2, 0.25) is 0 Å². The maximum Gasteiger partial charge on any atom is 0.253 e. The largest absolute Gasteiger partial charge is 0.351 e. The highest BCUT2D eigenvalue weighted by molar-refractivity contribution is 8.76. The van der Waals surface area contributed by atoms with Crippen LogP contribution in [0.3, 0.4) is 0 Å². The van der Waals surface area contributed by atoms with Gasteiger partial charge in [-0.1, -0.05) is 29.0 Å². The third-order valence-electron chi connectivity index (χ3n) is 2.58. The van der Waals surface area contributed by atoms with Crippen LogP contribution < -0.4 is 16.6 Å². The highest BCUT2D eigenvalue weighted by Gasteiger charge is 2.09. The van der Waals surface area contributed by atoms with Crippen molar-refractivity contribution in [2.45, 2.75) is 5.03 Å². The number of hydrazine groups is 1. The summed E-state index contributed by atoms with van der Waals surface area (Å²) in [4.78, 5) is 16.2. The molecule has 0 bridgehead atoms. The standard InChI is InChI=1S/C14H16N4OS2/c15-18-12-6-2-1-5-11(12)14(19)17-9-10-20-21-13-7-3-4-8-16-13/h1-8,18H,9-10,15H2,(H,17,19). The number of nitrogen functional groups attached to an aromatic ring is 1. The maximum absolute atomic E-state index is 12.0. The Morgan fingerprint density at radius 2 is 2.00 bits per heavy atom. The van der Waals surface area contributed by atoms with E-state index in [0.29, 0.717) is 17.8 Å². The van der Waals surface area contributed by atoms with Crippen LogP contribution in [-0.4, -0.2) is 23.2 Å². The number of anilines is 1. The molecule has 0 atom stereocenters.